The number of β-amino-alcohol motifs (C(OH)–C–C–N with tert-alkyl or cyclic N) is 1. The lowest BCUT2D eigenvalue weighted by Gasteiger charge is -2.32. The van der Waals surface area contributed by atoms with Crippen molar-refractivity contribution >= 4 is 0 Å². The fourth-order valence-electron chi connectivity index (χ4n) is 2.96. The number of hydrogen-bond donors (Lipinski definition) is 1. The monoisotopic (exact) mass is 289 g/mol. The first-order chi connectivity index (χ1) is 10.2. The Balaban J connectivity index is 1.80. The molecule has 1 aliphatic heterocycles. The highest BCUT2D eigenvalue weighted by atomic mass is 16.5. The molecule has 1 fully saturated rings. The predicted octanol–water partition coefficient (Wildman–Crippen LogP) is 2.89. The van der Waals surface area contributed by atoms with Gasteiger partial charge in [0.2, 0.25) is 0 Å². The van der Waals surface area contributed by atoms with Crippen LogP contribution in [0, 0.1) is 5.92 Å². The van der Waals surface area contributed by atoms with E-state index in [2.05, 4.69) is 18.4 Å². The van der Waals surface area contributed by atoms with Crippen LogP contribution >= 0.6 is 0 Å². The largest absolute Gasteiger partial charge is 0.491 e. The van der Waals surface area contributed by atoms with E-state index in [1.807, 2.05) is 30.3 Å². The third kappa shape index (κ3) is 5.18. The Morgan fingerprint density at radius 2 is 2.29 bits per heavy atom. The molecule has 21 heavy (non-hydrogen) atoms. The summed E-state index contributed by atoms with van der Waals surface area (Å²) in [5.41, 5.74) is 1.12. The highest BCUT2D eigenvalue weighted by Gasteiger charge is 2.19. The molecule has 0 spiro atoms. The summed E-state index contributed by atoms with van der Waals surface area (Å²) in [5.74, 6) is 1.59. The van der Waals surface area contributed by atoms with Crippen molar-refractivity contribution in [3.63, 3.8) is 0 Å². The zero-order chi connectivity index (χ0) is 15.1. The number of ether oxygens (including phenoxy) is 1. The molecular weight excluding hydrogens is 262 g/mol. The van der Waals surface area contributed by atoms with E-state index < -0.39 is 6.10 Å². The zero-order valence-corrected chi connectivity index (χ0v) is 13.0. The van der Waals surface area contributed by atoms with Crippen molar-refractivity contribution in [2.24, 2.45) is 5.92 Å². The highest BCUT2D eigenvalue weighted by Crippen LogP contribution is 2.19. The normalized spacial score (nSPS) is 21.0. The number of nitrogens with zero attached hydrogens (tertiary/aromatic N) is 1. The summed E-state index contributed by atoms with van der Waals surface area (Å²) >= 11 is 0. The van der Waals surface area contributed by atoms with Crippen molar-refractivity contribution < 1.29 is 9.84 Å². The molecule has 116 valence electrons. The maximum atomic E-state index is 10.2. The van der Waals surface area contributed by atoms with Gasteiger partial charge in [-0.15, -0.1) is 6.58 Å². The molecule has 1 heterocycles. The number of likely N-dealkylation sites (tertiary alicyclic amines) is 1. The predicted molar refractivity (Wildman–Crippen MR) is 86.7 cm³/mol. The number of hydrogen-bond acceptors (Lipinski definition) is 3. The van der Waals surface area contributed by atoms with E-state index >= 15 is 0 Å². The minimum atomic E-state index is -0.438. The van der Waals surface area contributed by atoms with E-state index in [1.54, 1.807) is 0 Å². The Kier molecular flexibility index (Phi) is 6.27. The topological polar surface area (TPSA) is 32.7 Å². The molecule has 3 nitrogen and oxygen atoms in total. The van der Waals surface area contributed by atoms with Crippen LogP contribution in [0.25, 0.3) is 0 Å². The minimum Gasteiger partial charge on any atom is -0.491 e. The van der Waals surface area contributed by atoms with Crippen LogP contribution in [0.4, 0.5) is 0 Å². The van der Waals surface area contributed by atoms with Crippen LogP contribution in [0.2, 0.25) is 0 Å². The SMILES string of the molecule is C=CCc1ccccc1OC[C@H](O)CN1CCC[C@H](C)C1. The van der Waals surface area contributed by atoms with Crippen molar-refractivity contribution in [1.29, 1.82) is 0 Å². The van der Waals surface area contributed by atoms with Gasteiger partial charge < -0.3 is 14.7 Å². The van der Waals surface area contributed by atoms with E-state index in [0.717, 1.165) is 36.7 Å². The van der Waals surface area contributed by atoms with E-state index in [9.17, 15) is 5.11 Å². The van der Waals surface area contributed by atoms with E-state index in [-0.39, 0.29) is 0 Å². The summed E-state index contributed by atoms with van der Waals surface area (Å²) in [5, 5.41) is 10.2. The average molecular weight is 289 g/mol. The molecule has 1 saturated heterocycles. The number of aliphatic hydroxyl groups excluding tert-OH is 1. The molecule has 1 N–H and O–H groups in total. The Hall–Kier alpha value is -1.32. The van der Waals surface area contributed by atoms with Crippen molar-refractivity contribution in [1.82, 2.24) is 4.90 Å². The second kappa shape index (κ2) is 8.20. The Bertz CT molecular complexity index is 447. The molecule has 0 aliphatic carbocycles. The van der Waals surface area contributed by atoms with Crippen LogP contribution in [0.1, 0.15) is 25.3 Å². The first kappa shape index (κ1) is 16.1. The number of benzene rings is 1. The van der Waals surface area contributed by atoms with Crippen LogP contribution in [0.5, 0.6) is 5.75 Å². The molecule has 1 aromatic carbocycles. The molecule has 0 radical (unpaired) electrons. The summed E-state index contributed by atoms with van der Waals surface area (Å²) in [6.45, 7) is 9.27. The average Bonchev–Trinajstić information content (AvgIpc) is 2.47. The third-order valence-corrected chi connectivity index (χ3v) is 3.98. The van der Waals surface area contributed by atoms with Crippen molar-refractivity contribution in [2.75, 3.05) is 26.2 Å². The Labute approximate surface area is 128 Å². The van der Waals surface area contributed by atoms with Crippen LogP contribution in [-0.4, -0.2) is 42.4 Å². The fourth-order valence-corrected chi connectivity index (χ4v) is 2.96. The molecule has 0 saturated carbocycles. The van der Waals surface area contributed by atoms with E-state index in [4.69, 9.17) is 4.74 Å². The molecule has 3 heteroatoms. The lowest BCUT2D eigenvalue weighted by atomic mass is 10.0. The molecular formula is C18H27NO2. The van der Waals surface area contributed by atoms with Gasteiger partial charge in [-0.1, -0.05) is 31.2 Å². The molecule has 2 atom stereocenters. The van der Waals surface area contributed by atoms with Crippen LogP contribution in [-0.2, 0) is 6.42 Å². The van der Waals surface area contributed by atoms with Gasteiger partial charge >= 0.3 is 0 Å². The van der Waals surface area contributed by atoms with Gasteiger partial charge in [-0.2, -0.15) is 0 Å². The van der Waals surface area contributed by atoms with Gasteiger partial charge in [0.05, 0.1) is 0 Å². The lowest BCUT2D eigenvalue weighted by molar-refractivity contribution is 0.0535. The van der Waals surface area contributed by atoms with Crippen LogP contribution in [0.15, 0.2) is 36.9 Å². The summed E-state index contributed by atoms with van der Waals surface area (Å²) in [6.07, 6.45) is 4.76. The molecule has 0 amide bonds. The van der Waals surface area contributed by atoms with Gasteiger partial charge in [0.15, 0.2) is 0 Å². The Morgan fingerprint density at radius 1 is 1.48 bits per heavy atom. The van der Waals surface area contributed by atoms with Crippen LogP contribution in [0.3, 0.4) is 0 Å². The van der Waals surface area contributed by atoms with Gasteiger partial charge in [0, 0.05) is 13.1 Å². The maximum absolute atomic E-state index is 10.2. The summed E-state index contributed by atoms with van der Waals surface area (Å²) in [4.78, 5) is 2.35. The molecule has 1 aliphatic rings. The highest BCUT2D eigenvalue weighted by molar-refractivity contribution is 5.34. The second-order valence-electron chi connectivity index (χ2n) is 6.07. The number of allylic oxidation sites excluding steroid dienone is 1. The first-order valence-electron chi connectivity index (χ1n) is 7.91. The summed E-state index contributed by atoms with van der Waals surface area (Å²) < 4.78 is 5.80. The third-order valence-electron chi connectivity index (χ3n) is 3.98. The first-order valence-corrected chi connectivity index (χ1v) is 7.91. The van der Waals surface area contributed by atoms with Gasteiger partial charge in [0.25, 0.3) is 0 Å². The van der Waals surface area contributed by atoms with Crippen molar-refractivity contribution in [3.8, 4) is 5.75 Å². The van der Waals surface area contributed by atoms with Gasteiger partial charge in [-0.05, 0) is 43.4 Å². The second-order valence-corrected chi connectivity index (χ2v) is 6.07. The summed E-state index contributed by atoms with van der Waals surface area (Å²) in [7, 11) is 0. The zero-order valence-electron chi connectivity index (χ0n) is 13.0. The molecule has 2 rings (SSSR count). The fraction of sp³-hybridized carbons (Fsp3) is 0.556. The van der Waals surface area contributed by atoms with Crippen molar-refractivity contribution in [3.05, 3.63) is 42.5 Å². The summed E-state index contributed by atoms with van der Waals surface area (Å²) in [6, 6.07) is 7.95. The number of piperidine rings is 1. The number of rotatable bonds is 7. The number of para-hydroxylation sites is 1. The quantitative estimate of drug-likeness (QED) is 0.784. The minimum absolute atomic E-state index is 0.346. The Morgan fingerprint density at radius 3 is 3.05 bits per heavy atom. The van der Waals surface area contributed by atoms with Gasteiger partial charge in [-0.25, -0.2) is 0 Å². The maximum Gasteiger partial charge on any atom is 0.122 e. The lowest BCUT2D eigenvalue weighted by Crippen LogP contribution is -2.41. The van der Waals surface area contributed by atoms with Gasteiger partial charge in [-0.3, -0.25) is 0 Å². The standard InChI is InChI=1S/C18H27NO2/c1-3-7-16-9-4-5-10-18(16)21-14-17(20)13-19-11-6-8-15(2)12-19/h3-5,9-10,15,17,20H,1,6-8,11-14H2,2H3/t15-,17+/m0/s1. The molecule has 0 bridgehead atoms. The smallest absolute Gasteiger partial charge is 0.122 e. The van der Waals surface area contributed by atoms with Gasteiger partial charge in [0.1, 0.15) is 18.5 Å². The van der Waals surface area contributed by atoms with Crippen LogP contribution < -0.4 is 4.74 Å². The number of aliphatic hydroxyl groups is 1. The molecule has 1 aromatic rings. The molecule has 0 aromatic heterocycles. The van der Waals surface area contributed by atoms with E-state index in [0.29, 0.717) is 13.2 Å². The van der Waals surface area contributed by atoms with E-state index in [1.165, 1.54) is 12.8 Å². The van der Waals surface area contributed by atoms with Crippen molar-refractivity contribution in [2.45, 2.75) is 32.3 Å². The molecule has 0 unspecified atom stereocenters.